The van der Waals surface area contributed by atoms with Crippen LogP contribution in [0.3, 0.4) is 0 Å². The molecule has 0 aliphatic carbocycles. The molecular weight excluding hydrogens is 378 g/mol. The number of hydrogen-bond acceptors (Lipinski definition) is 7. The van der Waals surface area contributed by atoms with Crippen LogP contribution in [0.25, 0.3) is 11.0 Å². The van der Waals surface area contributed by atoms with Crippen LogP contribution in [0.15, 0.2) is 47.4 Å². The lowest BCUT2D eigenvalue weighted by atomic mass is 10.1. The lowest BCUT2D eigenvalue weighted by Crippen LogP contribution is -2.28. The topological polar surface area (TPSA) is 117 Å². The average molecular weight is 395 g/mol. The average Bonchev–Trinajstić information content (AvgIpc) is 2.74. The van der Waals surface area contributed by atoms with Gasteiger partial charge >= 0.3 is 11.9 Å². The standard InChI is InChI=1S/C20H17N3O6/c1-23-16-11(5-4-8-21-16)9-14(18(23)25)17(24)22-15-10-12(19(26)28-2)6-7-13(15)20(27)29-3/h4-10H,1-3H3,(H,22,24). The van der Waals surface area contributed by atoms with Crippen molar-refractivity contribution in [3.8, 4) is 0 Å². The number of fused-ring (bicyclic) bond motifs is 1. The smallest absolute Gasteiger partial charge is 0.339 e. The highest BCUT2D eigenvalue weighted by molar-refractivity contribution is 6.09. The first-order chi connectivity index (χ1) is 13.9. The van der Waals surface area contributed by atoms with Gasteiger partial charge in [0.05, 0.1) is 31.0 Å². The van der Waals surface area contributed by atoms with E-state index in [9.17, 15) is 19.2 Å². The van der Waals surface area contributed by atoms with Gasteiger partial charge in [0.1, 0.15) is 11.2 Å². The van der Waals surface area contributed by atoms with E-state index in [1.165, 1.54) is 50.1 Å². The van der Waals surface area contributed by atoms with Crippen molar-refractivity contribution in [3.63, 3.8) is 0 Å². The van der Waals surface area contributed by atoms with Crippen LogP contribution in [0.2, 0.25) is 0 Å². The number of anilines is 1. The fourth-order valence-electron chi connectivity index (χ4n) is 2.83. The van der Waals surface area contributed by atoms with Gasteiger partial charge in [-0.1, -0.05) is 0 Å². The molecule has 0 saturated heterocycles. The highest BCUT2D eigenvalue weighted by Crippen LogP contribution is 2.21. The van der Waals surface area contributed by atoms with Crippen LogP contribution in [-0.2, 0) is 16.5 Å². The summed E-state index contributed by atoms with van der Waals surface area (Å²) in [5.41, 5.74) is -0.126. The molecule has 29 heavy (non-hydrogen) atoms. The number of amides is 1. The Morgan fingerprint density at radius 2 is 1.72 bits per heavy atom. The summed E-state index contributed by atoms with van der Waals surface area (Å²) in [6.45, 7) is 0. The number of methoxy groups -OCH3 is 2. The van der Waals surface area contributed by atoms with Gasteiger partial charge in [0, 0.05) is 18.6 Å². The van der Waals surface area contributed by atoms with Crippen molar-refractivity contribution in [3.05, 3.63) is 69.6 Å². The summed E-state index contributed by atoms with van der Waals surface area (Å²) in [5.74, 6) is -2.11. The zero-order valence-corrected chi connectivity index (χ0v) is 15.9. The van der Waals surface area contributed by atoms with Crippen molar-refractivity contribution in [2.24, 2.45) is 7.05 Å². The number of rotatable bonds is 4. The molecule has 1 aromatic carbocycles. The Bertz CT molecular complexity index is 1200. The minimum absolute atomic E-state index is 0.0121. The van der Waals surface area contributed by atoms with Crippen LogP contribution in [0.1, 0.15) is 31.1 Å². The molecule has 0 radical (unpaired) electrons. The van der Waals surface area contributed by atoms with Gasteiger partial charge in [-0.05, 0) is 36.4 Å². The summed E-state index contributed by atoms with van der Waals surface area (Å²) < 4.78 is 10.6. The number of carbonyl (C=O) groups is 3. The van der Waals surface area contributed by atoms with Gasteiger partial charge in [-0.2, -0.15) is 0 Å². The van der Waals surface area contributed by atoms with E-state index < -0.39 is 23.4 Å². The lowest BCUT2D eigenvalue weighted by Gasteiger charge is -2.12. The van der Waals surface area contributed by atoms with E-state index in [2.05, 4.69) is 15.0 Å². The summed E-state index contributed by atoms with van der Waals surface area (Å²) in [7, 11) is 3.90. The summed E-state index contributed by atoms with van der Waals surface area (Å²) in [4.78, 5) is 53.4. The van der Waals surface area contributed by atoms with Crippen LogP contribution in [-0.4, -0.2) is 41.6 Å². The highest BCUT2D eigenvalue weighted by atomic mass is 16.5. The lowest BCUT2D eigenvalue weighted by molar-refractivity contribution is 0.0587. The summed E-state index contributed by atoms with van der Waals surface area (Å²) in [6.07, 6.45) is 1.54. The largest absolute Gasteiger partial charge is 0.465 e. The molecule has 148 valence electrons. The first kappa shape index (κ1) is 19.7. The minimum atomic E-state index is -0.747. The Balaban J connectivity index is 2.07. The number of ether oxygens (including phenoxy) is 2. The number of nitrogens with one attached hydrogen (secondary N) is 1. The van der Waals surface area contributed by atoms with Gasteiger partial charge in [-0.25, -0.2) is 14.6 Å². The van der Waals surface area contributed by atoms with Gasteiger partial charge in [0.2, 0.25) is 0 Å². The monoisotopic (exact) mass is 395 g/mol. The summed E-state index contributed by atoms with van der Waals surface area (Å²) >= 11 is 0. The first-order valence-electron chi connectivity index (χ1n) is 8.44. The molecule has 0 atom stereocenters. The number of esters is 2. The highest BCUT2D eigenvalue weighted by Gasteiger charge is 2.20. The Morgan fingerprint density at radius 1 is 1.00 bits per heavy atom. The Hall–Kier alpha value is -4.01. The zero-order chi connectivity index (χ0) is 21.1. The predicted molar refractivity (Wildman–Crippen MR) is 104 cm³/mol. The van der Waals surface area contributed by atoms with Crippen molar-refractivity contribution >= 4 is 34.6 Å². The molecule has 0 bridgehead atoms. The van der Waals surface area contributed by atoms with Crippen molar-refractivity contribution in [1.82, 2.24) is 9.55 Å². The number of hydrogen-bond donors (Lipinski definition) is 1. The van der Waals surface area contributed by atoms with Crippen LogP contribution in [0.5, 0.6) is 0 Å². The number of nitrogens with zero attached hydrogens (tertiary/aromatic N) is 2. The van der Waals surface area contributed by atoms with Crippen LogP contribution in [0, 0.1) is 0 Å². The van der Waals surface area contributed by atoms with Gasteiger partial charge < -0.3 is 14.8 Å². The van der Waals surface area contributed by atoms with Crippen molar-refractivity contribution in [1.29, 1.82) is 0 Å². The van der Waals surface area contributed by atoms with Gasteiger partial charge in [-0.3, -0.25) is 14.2 Å². The Kier molecular flexibility index (Phi) is 5.40. The van der Waals surface area contributed by atoms with Crippen molar-refractivity contribution in [2.45, 2.75) is 0 Å². The maximum absolute atomic E-state index is 12.8. The molecule has 0 aliphatic heterocycles. The van der Waals surface area contributed by atoms with E-state index in [0.29, 0.717) is 11.0 Å². The fourth-order valence-corrected chi connectivity index (χ4v) is 2.83. The molecule has 3 rings (SSSR count). The van der Waals surface area contributed by atoms with Crippen LogP contribution >= 0.6 is 0 Å². The molecule has 0 aliphatic rings. The normalized spacial score (nSPS) is 10.4. The van der Waals surface area contributed by atoms with E-state index in [-0.39, 0.29) is 22.4 Å². The molecule has 1 N–H and O–H groups in total. The van der Waals surface area contributed by atoms with Crippen molar-refractivity contribution < 1.29 is 23.9 Å². The molecule has 2 aromatic heterocycles. The molecule has 0 fully saturated rings. The second-order valence-corrected chi connectivity index (χ2v) is 6.04. The molecule has 1 amide bonds. The second kappa shape index (κ2) is 7.93. The first-order valence-corrected chi connectivity index (χ1v) is 8.44. The van der Waals surface area contributed by atoms with E-state index in [1.807, 2.05) is 0 Å². The van der Waals surface area contributed by atoms with Crippen LogP contribution < -0.4 is 10.9 Å². The van der Waals surface area contributed by atoms with E-state index in [1.54, 1.807) is 18.3 Å². The van der Waals surface area contributed by atoms with E-state index in [4.69, 9.17) is 4.74 Å². The number of carbonyl (C=O) groups excluding carboxylic acids is 3. The third kappa shape index (κ3) is 3.70. The number of aryl methyl sites for hydroxylation is 1. The van der Waals surface area contributed by atoms with E-state index in [0.717, 1.165) is 0 Å². The Morgan fingerprint density at radius 3 is 2.41 bits per heavy atom. The molecule has 0 saturated carbocycles. The Labute approximate surface area is 164 Å². The predicted octanol–water partition coefficient (Wildman–Crippen LogP) is 1.76. The quantitative estimate of drug-likeness (QED) is 0.669. The van der Waals surface area contributed by atoms with E-state index >= 15 is 0 Å². The molecule has 0 unspecified atom stereocenters. The third-order valence-electron chi connectivity index (χ3n) is 4.31. The number of aromatic nitrogens is 2. The molecule has 3 aromatic rings. The van der Waals surface area contributed by atoms with Gasteiger partial charge in [0.25, 0.3) is 11.5 Å². The maximum atomic E-state index is 12.8. The van der Waals surface area contributed by atoms with Gasteiger partial charge in [-0.15, -0.1) is 0 Å². The molecule has 9 nitrogen and oxygen atoms in total. The fraction of sp³-hybridized carbons (Fsp3) is 0.150. The summed E-state index contributed by atoms with van der Waals surface area (Å²) in [6, 6.07) is 8.80. The molecule has 0 spiro atoms. The molecule has 9 heteroatoms. The maximum Gasteiger partial charge on any atom is 0.339 e. The third-order valence-corrected chi connectivity index (χ3v) is 4.31. The SMILES string of the molecule is COC(=O)c1ccc(C(=O)OC)c(NC(=O)c2cc3cccnc3n(C)c2=O)c1. The summed E-state index contributed by atoms with van der Waals surface area (Å²) in [5, 5.41) is 3.11. The zero-order valence-electron chi connectivity index (χ0n) is 15.9. The molecule has 2 heterocycles. The van der Waals surface area contributed by atoms with Crippen LogP contribution in [0.4, 0.5) is 5.69 Å². The number of pyridine rings is 2. The van der Waals surface area contributed by atoms with Crippen molar-refractivity contribution in [2.75, 3.05) is 19.5 Å². The second-order valence-electron chi connectivity index (χ2n) is 6.04. The molecular formula is C20H17N3O6. The van der Waals surface area contributed by atoms with Gasteiger partial charge in [0.15, 0.2) is 0 Å². The number of benzene rings is 1. The minimum Gasteiger partial charge on any atom is -0.465 e.